The van der Waals surface area contributed by atoms with Crippen LogP contribution in [0, 0.1) is 6.92 Å². The van der Waals surface area contributed by atoms with Gasteiger partial charge >= 0.3 is 0 Å². The van der Waals surface area contributed by atoms with Crippen molar-refractivity contribution in [2.75, 3.05) is 7.05 Å². The third kappa shape index (κ3) is 2.26. The SMILES string of the molecule is CNCc1oc2c(C)cc(Br)cc2c1C(C)C. The van der Waals surface area contributed by atoms with Crippen LogP contribution in [0.5, 0.6) is 0 Å². The summed E-state index contributed by atoms with van der Waals surface area (Å²) < 4.78 is 7.12. The number of hydrogen-bond acceptors (Lipinski definition) is 2. The van der Waals surface area contributed by atoms with Gasteiger partial charge in [-0.05, 0) is 37.6 Å². The highest BCUT2D eigenvalue weighted by atomic mass is 79.9. The Morgan fingerprint density at radius 1 is 1.35 bits per heavy atom. The second kappa shape index (κ2) is 4.83. The smallest absolute Gasteiger partial charge is 0.137 e. The lowest BCUT2D eigenvalue weighted by Crippen LogP contribution is -2.06. The predicted octanol–water partition coefficient (Wildman–Crippen LogP) is 4.35. The molecule has 0 spiro atoms. The highest BCUT2D eigenvalue weighted by Gasteiger charge is 2.18. The van der Waals surface area contributed by atoms with Gasteiger partial charge in [0.15, 0.2) is 0 Å². The van der Waals surface area contributed by atoms with E-state index in [1.807, 2.05) is 7.05 Å². The number of fused-ring (bicyclic) bond motifs is 1. The van der Waals surface area contributed by atoms with Crippen molar-refractivity contribution in [3.05, 3.63) is 33.5 Å². The van der Waals surface area contributed by atoms with Crippen LogP contribution in [0.15, 0.2) is 21.0 Å². The van der Waals surface area contributed by atoms with Crippen molar-refractivity contribution in [1.82, 2.24) is 5.32 Å². The molecule has 92 valence electrons. The molecule has 1 aromatic heterocycles. The molecule has 1 N–H and O–H groups in total. The van der Waals surface area contributed by atoms with E-state index >= 15 is 0 Å². The average Bonchev–Trinajstić information content (AvgIpc) is 2.57. The summed E-state index contributed by atoms with van der Waals surface area (Å²) >= 11 is 3.56. The van der Waals surface area contributed by atoms with Crippen molar-refractivity contribution in [3.63, 3.8) is 0 Å². The average molecular weight is 296 g/mol. The first-order chi connectivity index (χ1) is 8.04. The minimum atomic E-state index is 0.466. The topological polar surface area (TPSA) is 25.2 Å². The summed E-state index contributed by atoms with van der Waals surface area (Å²) in [5, 5.41) is 4.40. The second-order valence-corrected chi connectivity index (χ2v) is 5.64. The first kappa shape index (κ1) is 12.7. The first-order valence-electron chi connectivity index (χ1n) is 5.90. The molecule has 17 heavy (non-hydrogen) atoms. The van der Waals surface area contributed by atoms with Crippen LogP contribution in [-0.2, 0) is 6.54 Å². The molecule has 0 radical (unpaired) electrons. The van der Waals surface area contributed by atoms with E-state index in [2.05, 4.69) is 54.2 Å². The van der Waals surface area contributed by atoms with Gasteiger partial charge in [0.05, 0.1) is 6.54 Å². The zero-order valence-electron chi connectivity index (χ0n) is 10.7. The lowest BCUT2D eigenvalue weighted by molar-refractivity contribution is 0.519. The summed E-state index contributed by atoms with van der Waals surface area (Å²) in [6.45, 7) is 7.28. The zero-order valence-corrected chi connectivity index (χ0v) is 12.3. The molecule has 0 aliphatic heterocycles. The van der Waals surface area contributed by atoms with Crippen molar-refractivity contribution >= 4 is 26.9 Å². The van der Waals surface area contributed by atoms with Gasteiger partial charge in [-0.2, -0.15) is 0 Å². The summed E-state index contributed by atoms with van der Waals surface area (Å²) in [5.74, 6) is 1.52. The van der Waals surface area contributed by atoms with E-state index in [4.69, 9.17) is 4.42 Å². The lowest BCUT2D eigenvalue weighted by Gasteiger charge is -2.06. The molecule has 0 saturated carbocycles. The van der Waals surface area contributed by atoms with Crippen LogP contribution in [0.1, 0.15) is 36.7 Å². The number of aryl methyl sites for hydroxylation is 1. The Labute approximate surface area is 111 Å². The Kier molecular flexibility index (Phi) is 3.59. The summed E-state index contributed by atoms with van der Waals surface area (Å²) in [4.78, 5) is 0. The van der Waals surface area contributed by atoms with E-state index in [9.17, 15) is 0 Å². The number of nitrogens with one attached hydrogen (secondary N) is 1. The Balaban J connectivity index is 2.75. The molecule has 0 fully saturated rings. The molecule has 0 amide bonds. The third-order valence-corrected chi connectivity index (χ3v) is 3.43. The number of halogens is 1. The Morgan fingerprint density at radius 2 is 2.06 bits per heavy atom. The van der Waals surface area contributed by atoms with E-state index in [0.717, 1.165) is 22.4 Å². The van der Waals surface area contributed by atoms with Crippen LogP contribution in [0.3, 0.4) is 0 Å². The molecule has 2 aromatic rings. The second-order valence-electron chi connectivity index (χ2n) is 4.72. The van der Waals surface area contributed by atoms with Crippen LogP contribution < -0.4 is 5.32 Å². The Bertz CT molecular complexity index is 543. The predicted molar refractivity (Wildman–Crippen MR) is 75.5 cm³/mol. The van der Waals surface area contributed by atoms with Gasteiger partial charge in [-0.25, -0.2) is 0 Å². The number of benzene rings is 1. The van der Waals surface area contributed by atoms with Gasteiger partial charge in [-0.1, -0.05) is 29.8 Å². The van der Waals surface area contributed by atoms with Gasteiger partial charge in [0.25, 0.3) is 0 Å². The van der Waals surface area contributed by atoms with Gasteiger partial charge in [-0.3, -0.25) is 0 Å². The van der Waals surface area contributed by atoms with E-state index < -0.39 is 0 Å². The van der Waals surface area contributed by atoms with Crippen LogP contribution in [-0.4, -0.2) is 7.05 Å². The maximum Gasteiger partial charge on any atom is 0.137 e. The minimum absolute atomic E-state index is 0.466. The van der Waals surface area contributed by atoms with Crippen LogP contribution in [0.2, 0.25) is 0 Å². The molecule has 1 heterocycles. The van der Waals surface area contributed by atoms with Crippen molar-refractivity contribution in [2.24, 2.45) is 0 Å². The molecule has 0 saturated heterocycles. The van der Waals surface area contributed by atoms with Crippen molar-refractivity contribution in [2.45, 2.75) is 33.2 Å². The normalized spacial score (nSPS) is 11.6. The monoisotopic (exact) mass is 295 g/mol. The van der Waals surface area contributed by atoms with Gasteiger partial charge in [0.1, 0.15) is 11.3 Å². The van der Waals surface area contributed by atoms with Crippen LogP contribution in [0.25, 0.3) is 11.0 Å². The molecule has 2 nitrogen and oxygen atoms in total. The van der Waals surface area contributed by atoms with Crippen molar-refractivity contribution in [3.8, 4) is 0 Å². The lowest BCUT2D eigenvalue weighted by atomic mass is 9.98. The van der Waals surface area contributed by atoms with E-state index in [1.54, 1.807) is 0 Å². The summed E-state index contributed by atoms with van der Waals surface area (Å²) in [5.41, 5.74) is 3.51. The molecular weight excluding hydrogens is 278 g/mol. The van der Waals surface area contributed by atoms with Gasteiger partial charge in [0, 0.05) is 15.4 Å². The number of rotatable bonds is 3. The molecule has 0 atom stereocenters. The summed E-state index contributed by atoms with van der Waals surface area (Å²) in [7, 11) is 1.94. The molecular formula is C14H18BrNO. The van der Waals surface area contributed by atoms with E-state index in [0.29, 0.717) is 5.92 Å². The minimum Gasteiger partial charge on any atom is -0.459 e. The fourth-order valence-electron chi connectivity index (χ4n) is 2.32. The van der Waals surface area contributed by atoms with Gasteiger partial charge < -0.3 is 9.73 Å². The molecule has 1 aromatic carbocycles. The Morgan fingerprint density at radius 3 is 2.65 bits per heavy atom. The van der Waals surface area contributed by atoms with Gasteiger partial charge in [-0.15, -0.1) is 0 Å². The maximum atomic E-state index is 6.00. The molecule has 0 aliphatic carbocycles. The standard InChI is InChI=1S/C14H18BrNO/c1-8(2)13-11-6-10(15)5-9(3)14(11)17-12(13)7-16-4/h5-6,8,16H,7H2,1-4H3. The van der Waals surface area contributed by atoms with Crippen LogP contribution >= 0.6 is 15.9 Å². The Hall–Kier alpha value is -0.800. The summed E-state index contributed by atoms with van der Waals surface area (Å²) in [6, 6.07) is 4.25. The number of furan rings is 1. The summed E-state index contributed by atoms with van der Waals surface area (Å²) in [6.07, 6.45) is 0. The maximum absolute atomic E-state index is 6.00. The zero-order chi connectivity index (χ0) is 12.6. The van der Waals surface area contributed by atoms with Gasteiger partial charge in [0.2, 0.25) is 0 Å². The van der Waals surface area contributed by atoms with E-state index in [-0.39, 0.29) is 0 Å². The first-order valence-corrected chi connectivity index (χ1v) is 6.70. The highest BCUT2D eigenvalue weighted by molar-refractivity contribution is 9.10. The number of hydrogen-bond donors (Lipinski definition) is 1. The molecule has 0 aliphatic rings. The van der Waals surface area contributed by atoms with E-state index in [1.165, 1.54) is 16.5 Å². The highest BCUT2D eigenvalue weighted by Crippen LogP contribution is 2.35. The van der Waals surface area contributed by atoms with Crippen molar-refractivity contribution < 1.29 is 4.42 Å². The molecule has 0 unspecified atom stereocenters. The van der Waals surface area contributed by atoms with Crippen molar-refractivity contribution in [1.29, 1.82) is 0 Å². The quantitative estimate of drug-likeness (QED) is 0.911. The molecule has 0 bridgehead atoms. The largest absolute Gasteiger partial charge is 0.459 e. The fourth-order valence-corrected chi connectivity index (χ4v) is 2.89. The van der Waals surface area contributed by atoms with Crippen LogP contribution in [0.4, 0.5) is 0 Å². The fraction of sp³-hybridized carbons (Fsp3) is 0.429. The molecule has 2 rings (SSSR count). The molecule has 3 heteroatoms. The third-order valence-electron chi connectivity index (χ3n) is 2.97.